The predicted molar refractivity (Wildman–Crippen MR) is 78.9 cm³/mol. The number of nitrogens with zero attached hydrogens (tertiary/aromatic N) is 2. The van der Waals surface area contributed by atoms with E-state index in [0.29, 0.717) is 37.4 Å². The van der Waals surface area contributed by atoms with Crippen molar-refractivity contribution in [2.24, 2.45) is 0 Å². The quantitative estimate of drug-likeness (QED) is 0.684. The van der Waals surface area contributed by atoms with Crippen molar-refractivity contribution in [2.75, 3.05) is 19.7 Å². The lowest BCUT2D eigenvalue weighted by Crippen LogP contribution is -2.36. The predicted octanol–water partition coefficient (Wildman–Crippen LogP) is 2.89. The van der Waals surface area contributed by atoms with Gasteiger partial charge in [0.05, 0.1) is 24.8 Å². The summed E-state index contributed by atoms with van der Waals surface area (Å²) >= 11 is 0. The average molecular weight is 274 g/mol. The lowest BCUT2D eigenvalue weighted by molar-refractivity contribution is 0.0904. The Hall–Kier alpha value is -1.86. The van der Waals surface area contributed by atoms with Gasteiger partial charge in [0.15, 0.2) is 5.78 Å². The maximum absolute atomic E-state index is 12.4. The second-order valence-corrected chi connectivity index (χ2v) is 4.82. The molecule has 1 rings (SSSR count). The summed E-state index contributed by atoms with van der Waals surface area (Å²) in [6.45, 7) is 7.40. The topological polar surface area (TPSA) is 53.3 Å². The minimum Gasteiger partial charge on any atom is -0.493 e. The van der Waals surface area contributed by atoms with Gasteiger partial charge in [0.25, 0.3) is 0 Å². The molecule has 20 heavy (non-hydrogen) atoms. The fourth-order valence-corrected chi connectivity index (χ4v) is 1.96. The number of benzene rings is 1. The molecule has 4 heteroatoms. The molecule has 0 unspecified atom stereocenters. The van der Waals surface area contributed by atoms with Crippen LogP contribution in [0.1, 0.15) is 37.6 Å². The molecule has 0 saturated heterocycles. The second kappa shape index (κ2) is 8.34. The minimum atomic E-state index is 0.0284. The maximum atomic E-state index is 12.4. The van der Waals surface area contributed by atoms with E-state index in [-0.39, 0.29) is 11.8 Å². The Bertz CT molecular complexity index is 478. The van der Waals surface area contributed by atoms with Gasteiger partial charge in [-0.3, -0.25) is 9.69 Å². The Balaban J connectivity index is 2.81. The first-order valence-corrected chi connectivity index (χ1v) is 6.96. The highest BCUT2D eigenvalue weighted by Crippen LogP contribution is 2.19. The summed E-state index contributed by atoms with van der Waals surface area (Å²) < 4.78 is 5.49. The Morgan fingerprint density at radius 1 is 1.40 bits per heavy atom. The summed E-state index contributed by atoms with van der Waals surface area (Å²) in [5, 5.41) is 8.68. The van der Waals surface area contributed by atoms with Crippen LogP contribution in [0.3, 0.4) is 0 Å². The molecule has 0 radical (unpaired) electrons. The standard InChI is InChI=1S/C16H22N2O2/c1-4-20-16-9-6-5-8-14(16)15(19)12-18(13(2)3)11-7-10-17/h5-6,8-9,13H,4,7,11-12H2,1-3H3. The summed E-state index contributed by atoms with van der Waals surface area (Å²) in [5.74, 6) is 0.657. The van der Waals surface area contributed by atoms with Gasteiger partial charge >= 0.3 is 0 Å². The van der Waals surface area contributed by atoms with Crippen molar-refractivity contribution in [1.82, 2.24) is 4.90 Å². The summed E-state index contributed by atoms with van der Waals surface area (Å²) in [6.07, 6.45) is 0.429. The molecule has 0 atom stereocenters. The number of hydrogen-bond acceptors (Lipinski definition) is 4. The highest BCUT2D eigenvalue weighted by Gasteiger charge is 2.17. The summed E-state index contributed by atoms with van der Waals surface area (Å²) in [4.78, 5) is 14.4. The van der Waals surface area contributed by atoms with E-state index in [2.05, 4.69) is 6.07 Å². The van der Waals surface area contributed by atoms with Crippen molar-refractivity contribution in [1.29, 1.82) is 5.26 Å². The Labute approximate surface area is 121 Å². The highest BCUT2D eigenvalue weighted by molar-refractivity contribution is 6.00. The van der Waals surface area contributed by atoms with Crippen LogP contribution in [-0.2, 0) is 0 Å². The second-order valence-electron chi connectivity index (χ2n) is 4.82. The molecule has 0 amide bonds. The first-order chi connectivity index (χ1) is 9.60. The van der Waals surface area contributed by atoms with Gasteiger partial charge in [-0.05, 0) is 32.9 Å². The van der Waals surface area contributed by atoms with Gasteiger partial charge in [0.1, 0.15) is 5.75 Å². The SMILES string of the molecule is CCOc1ccccc1C(=O)CN(CCC#N)C(C)C. The molecule has 0 N–H and O–H groups in total. The number of rotatable bonds is 8. The van der Waals surface area contributed by atoms with Crippen LogP contribution in [0, 0.1) is 11.3 Å². The normalized spacial score (nSPS) is 10.6. The summed E-state index contributed by atoms with van der Waals surface area (Å²) in [7, 11) is 0. The number of hydrogen-bond donors (Lipinski definition) is 0. The molecule has 108 valence electrons. The van der Waals surface area contributed by atoms with Crippen LogP contribution in [0.25, 0.3) is 0 Å². The number of nitriles is 1. The number of ether oxygens (including phenoxy) is 1. The van der Waals surface area contributed by atoms with Gasteiger partial charge in [-0.2, -0.15) is 5.26 Å². The van der Waals surface area contributed by atoms with Crippen molar-refractivity contribution < 1.29 is 9.53 Å². The molecule has 1 aromatic rings. The van der Waals surface area contributed by atoms with Crippen LogP contribution in [0.5, 0.6) is 5.75 Å². The van der Waals surface area contributed by atoms with Gasteiger partial charge in [0.2, 0.25) is 0 Å². The monoisotopic (exact) mass is 274 g/mol. The molecule has 0 aliphatic carbocycles. The van der Waals surface area contributed by atoms with E-state index in [1.54, 1.807) is 6.07 Å². The Morgan fingerprint density at radius 3 is 2.70 bits per heavy atom. The number of Topliss-reactive ketones (excluding diaryl/α,β-unsaturated/α-hetero) is 1. The number of para-hydroxylation sites is 1. The fraction of sp³-hybridized carbons (Fsp3) is 0.500. The molecule has 0 saturated carbocycles. The van der Waals surface area contributed by atoms with Gasteiger partial charge < -0.3 is 4.74 Å². The van der Waals surface area contributed by atoms with E-state index in [4.69, 9.17) is 10.00 Å². The molecule has 0 heterocycles. The van der Waals surface area contributed by atoms with E-state index < -0.39 is 0 Å². The van der Waals surface area contributed by atoms with E-state index in [9.17, 15) is 4.79 Å². The van der Waals surface area contributed by atoms with E-state index in [1.165, 1.54) is 0 Å². The van der Waals surface area contributed by atoms with Gasteiger partial charge in [-0.25, -0.2) is 0 Å². The van der Waals surface area contributed by atoms with Crippen LogP contribution < -0.4 is 4.74 Å². The zero-order valence-corrected chi connectivity index (χ0v) is 12.4. The van der Waals surface area contributed by atoms with Gasteiger partial charge in [-0.15, -0.1) is 0 Å². The summed E-state index contributed by atoms with van der Waals surface area (Å²) in [5.41, 5.74) is 0.608. The highest BCUT2D eigenvalue weighted by atomic mass is 16.5. The van der Waals surface area contributed by atoms with Crippen molar-refractivity contribution in [3.8, 4) is 11.8 Å². The van der Waals surface area contributed by atoms with Crippen LogP contribution in [0.2, 0.25) is 0 Å². The summed E-state index contributed by atoms with van der Waals surface area (Å²) in [6, 6.07) is 9.64. The molecule has 4 nitrogen and oxygen atoms in total. The van der Waals surface area contributed by atoms with Crippen LogP contribution in [0.4, 0.5) is 0 Å². The van der Waals surface area contributed by atoms with Crippen molar-refractivity contribution in [3.63, 3.8) is 0 Å². The van der Waals surface area contributed by atoms with E-state index in [0.717, 1.165) is 0 Å². The number of carbonyl (C=O) groups is 1. The van der Waals surface area contributed by atoms with Crippen molar-refractivity contribution >= 4 is 5.78 Å². The van der Waals surface area contributed by atoms with Gasteiger partial charge in [-0.1, -0.05) is 12.1 Å². The molecular formula is C16H22N2O2. The zero-order chi connectivity index (χ0) is 15.0. The molecular weight excluding hydrogens is 252 g/mol. The first kappa shape index (κ1) is 16.2. The third kappa shape index (κ3) is 4.67. The molecule has 0 fully saturated rings. The lowest BCUT2D eigenvalue weighted by Gasteiger charge is -2.24. The van der Waals surface area contributed by atoms with Crippen molar-refractivity contribution in [2.45, 2.75) is 33.2 Å². The molecule has 0 aromatic heterocycles. The fourth-order valence-electron chi connectivity index (χ4n) is 1.96. The Kier molecular flexibility index (Phi) is 6.75. The molecule has 1 aromatic carbocycles. The van der Waals surface area contributed by atoms with Gasteiger partial charge in [0, 0.05) is 19.0 Å². The largest absolute Gasteiger partial charge is 0.493 e. The van der Waals surface area contributed by atoms with Crippen LogP contribution >= 0.6 is 0 Å². The minimum absolute atomic E-state index is 0.0284. The van der Waals surface area contributed by atoms with Crippen molar-refractivity contribution in [3.05, 3.63) is 29.8 Å². The third-order valence-electron chi connectivity index (χ3n) is 3.08. The molecule has 0 aliphatic rings. The first-order valence-electron chi connectivity index (χ1n) is 6.96. The third-order valence-corrected chi connectivity index (χ3v) is 3.08. The number of carbonyl (C=O) groups excluding carboxylic acids is 1. The molecule has 0 spiro atoms. The number of ketones is 1. The smallest absolute Gasteiger partial charge is 0.180 e. The lowest BCUT2D eigenvalue weighted by atomic mass is 10.1. The Morgan fingerprint density at radius 2 is 2.10 bits per heavy atom. The van der Waals surface area contributed by atoms with E-state index >= 15 is 0 Å². The van der Waals surface area contributed by atoms with Crippen LogP contribution in [-0.4, -0.2) is 36.4 Å². The zero-order valence-electron chi connectivity index (χ0n) is 12.4. The molecule has 0 aliphatic heterocycles. The van der Waals surface area contributed by atoms with Crippen LogP contribution in [0.15, 0.2) is 24.3 Å². The average Bonchev–Trinajstić information content (AvgIpc) is 2.43. The molecule has 0 bridgehead atoms. The maximum Gasteiger partial charge on any atom is 0.180 e. The van der Waals surface area contributed by atoms with E-state index in [1.807, 2.05) is 43.9 Å².